The molecule has 130 valence electrons. The van der Waals surface area contributed by atoms with Crippen molar-refractivity contribution in [1.29, 1.82) is 0 Å². The van der Waals surface area contributed by atoms with Gasteiger partial charge in [0, 0.05) is 18.6 Å². The molecule has 24 heavy (non-hydrogen) atoms. The molecule has 0 aliphatic heterocycles. The minimum Gasteiger partial charge on any atom is -0.508 e. The van der Waals surface area contributed by atoms with Crippen molar-refractivity contribution in [1.82, 2.24) is 0 Å². The normalized spacial score (nSPS) is 10.4. The van der Waals surface area contributed by atoms with Crippen LogP contribution < -0.4 is 9.47 Å². The molecule has 2 rings (SSSR count). The van der Waals surface area contributed by atoms with Gasteiger partial charge in [-0.1, -0.05) is 26.8 Å². The minimum atomic E-state index is -0.449. The lowest BCUT2D eigenvalue weighted by atomic mass is 9.86. The highest BCUT2D eigenvalue weighted by Crippen LogP contribution is 2.33. The summed E-state index contributed by atoms with van der Waals surface area (Å²) in [6.07, 6.45) is 0. The van der Waals surface area contributed by atoms with Crippen LogP contribution in [-0.4, -0.2) is 18.2 Å². The van der Waals surface area contributed by atoms with Crippen LogP contribution >= 0.6 is 0 Å². The maximum atomic E-state index is 12.4. The Morgan fingerprint density at radius 2 is 1.75 bits per heavy atom. The third kappa shape index (κ3) is 6.28. The SMILES string of the molecule is CC(=O)Oc1cccc(F)c1.COc1ccc(O)c(C(C)(C)C)c1. The van der Waals surface area contributed by atoms with Crippen LogP contribution in [0.1, 0.15) is 33.3 Å². The number of methoxy groups -OCH3 is 1. The molecule has 0 aliphatic carbocycles. The van der Waals surface area contributed by atoms with Gasteiger partial charge in [-0.15, -0.1) is 0 Å². The summed E-state index contributed by atoms with van der Waals surface area (Å²) in [6.45, 7) is 7.44. The van der Waals surface area contributed by atoms with Crippen molar-refractivity contribution in [3.05, 3.63) is 53.8 Å². The molecule has 0 atom stereocenters. The van der Waals surface area contributed by atoms with E-state index in [1.807, 2.05) is 6.07 Å². The lowest BCUT2D eigenvalue weighted by Crippen LogP contribution is -2.11. The van der Waals surface area contributed by atoms with Gasteiger partial charge < -0.3 is 14.6 Å². The second-order valence-electron chi connectivity index (χ2n) is 6.18. The van der Waals surface area contributed by atoms with Gasteiger partial charge in [0.05, 0.1) is 7.11 Å². The van der Waals surface area contributed by atoms with Gasteiger partial charge in [0.15, 0.2) is 0 Å². The number of carbonyl (C=O) groups excluding carboxylic acids is 1. The molecule has 0 amide bonds. The molecule has 0 unspecified atom stereocenters. The molecule has 4 nitrogen and oxygen atoms in total. The smallest absolute Gasteiger partial charge is 0.308 e. The summed E-state index contributed by atoms with van der Waals surface area (Å²) < 4.78 is 22.1. The highest BCUT2D eigenvalue weighted by Gasteiger charge is 2.18. The van der Waals surface area contributed by atoms with Crippen molar-refractivity contribution >= 4 is 5.97 Å². The maximum absolute atomic E-state index is 12.4. The summed E-state index contributed by atoms with van der Waals surface area (Å²) in [7, 11) is 1.62. The fourth-order valence-electron chi connectivity index (χ4n) is 1.94. The van der Waals surface area contributed by atoms with Gasteiger partial charge in [-0.3, -0.25) is 4.79 Å². The number of phenolic OH excluding ortho intramolecular Hbond substituents is 1. The standard InChI is InChI=1S/C11H16O2.C8H7FO2/c1-11(2,3)9-7-8(13-4)5-6-10(9)12;1-6(10)11-8-4-2-3-7(9)5-8/h5-7,12H,1-4H3;2-5H,1H3. The maximum Gasteiger partial charge on any atom is 0.308 e. The predicted molar refractivity (Wildman–Crippen MR) is 91.1 cm³/mol. The van der Waals surface area contributed by atoms with Crippen molar-refractivity contribution in [3.8, 4) is 17.2 Å². The first-order valence-electron chi connectivity index (χ1n) is 7.45. The topological polar surface area (TPSA) is 55.8 Å². The predicted octanol–water partition coefficient (Wildman–Crippen LogP) is 4.45. The molecule has 0 spiro atoms. The van der Waals surface area contributed by atoms with Crippen LogP contribution in [0.2, 0.25) is 0 Å². The summed E-state index contributed by atoms with van der Waals surface area (Å²) >= 11 is 0. The fourth-order valence-corrected chi connectivity index (χ4v) is 1.94. The quantitative estimate of drug-likeness (QED) is 0.651. The van der Waals surface area contributed by atoms with Crippen molar-refractivity contribution in [2.24, 2.45) is 0 Å². The largest absolute Gasteiger partial charge is 0.508 e. The van der Waals surface area contributed by atoms with Gasteiger partial charge in [-0.25, -0.2) is 4.39 Å². The number of carbonyl (C=O) groups is 1. The van der Waals surface area contributed by atoms with Crippen LogP contribution in [0.5, 0.6) is 17.2 Å². The van der Waals surface area contributed by atoms with Crippen LogP contribution in [-0.2, 0) is 10.2 Å². The number of aromatic hydroxyl groups is 1. The number of phenols is 1. The van der Waals surface area contributed by atoms with Gasteiger partial charge in [0.1, 0.15) is 23.1 Å². The Hall–Kier alpha value is -2.56. The van der Waals surface area contributed by atoms with Crippen LogP contribution in [0.3, 0.4) is 0 Å². The molecule has 0 saturated carbocycles. The molecule has 2 aromatic rings. The first-order valence-corrected chi connectivity index (χ1v) is 7.45. The summed E-state index contributed by atoms with van der Waals surface area (Å²) in [5.41, 5.74) is 0.852. The van der Waals surface area contributed by atoms with Crippen molar-refractivity contribution in [3.63, 3.8) is 0 Å². The second kappa shape index (κ2) is 8.34. The zero-order valence-corrected chi connectivity index (χ0v) is 14.6. The molecule has 0 heterocycles. The molecule has 5 heteroatoms. The highest BCUT2D eigenvalue weighted by atomic mass is 19.1. The third-order valence-corrected chi connectivity index (χ3v) is 3.07. The van der Waals surface area contributed by atoms with E-state index in [1.54, 1.807) is 19.2 Å². The van der Waals surface area contributed by atoms with Gasteiger partial charge in [0.25, 0.3) is 0 Å². The van der Waals surface area contributed by atoms with Crippen LogP contribution in [0.15, 0.2) is 42.5 Å². The number of rotatable bonds is 2. The number of ether oxygens (including phenoxy) is 2. The Labute approximate surface area is 141 Å². The Balaban J connectivity index is 0.000000243. The lowest BCUT2D eigenvalue weighted by molar-refractivity contribution is -0.131. The third-order valence-electron chi connectivity index (χ3n) is 3.07. The van der Waals surface area contributed by atoms with Crippen LogP contribution in [0, 0.1) is 5.82 Å². The molecule has 0 radical (unpaired) electrons. The van der Waals surface area contributed by atoms with Gasteiger partial charge in [-0.05, 0) is 35.7 Å². The average Bonchev–Trinajstić information content (AvgIpc) is 2.46. The van der Waals surface area contributed by atoms with E-state index >= 15 is 0 Å². The Morgan fingerprint density at radius 1 is 1.08 bits per heavy atom. The molecule has 0 fully saturated rings. The molecular weight excluding hydrogens is 311 g/mol. The number of hydrogen-bond donors (Lipinski definition) is 1. The van der Waals surface area contributed by atoms with Crippen LogP contribution in [0.25, 0.3) is 0 Å². The average molecular weight is 334 g/mol. The molecule has 0 bridgehead atoms. The fraction of sp³-hybridized carbons (Fsp3) is 0.316. The summed E-state index contributed by atoms with van der Waals surface area (Å²) in [6, 6.07) is 10.7. The van der Waals surface area contributed by atoms with E-state index in [0.29, 0.717) is 5.75 Å². The number of halogens is 1. The van der Waals surface area contributed by atoms with E-state index in [-0.39, 0.29) is 11.2 Å². The monoisotopic (exact) mass is 334 g/mol. The summed E-state index contributed by atoms with van der Waals surface area (Å²) in [5.74, 6) is 0.480. The highest BCUT2D eigenvalue weighted by molar-refractivity contribution is 5.69. The van der Waals surface area contributed by atoms with E-state index in [4.69, 9.17) is 4.74 Å². The van der Waals surface area contributed by atoms with E-state index in [9.17, 15) is 14.3 Å². The zero-order chi connectivity index (χ0) is 18.3. The van der Waals surface area contributed by atoms with Gasteiger partial charge in [0.2, 0.25) is 0 Å². The van der Waals surface area contributed by atoms with Gasteiger partial charge >= 0.3 is 5.97 Å². The molecule has 0 saturated heterocycles. The van der Waals surface area contributed by atoms with Crippen molar-refractivity contribution in [2.75, 3.05) is 7.11 Å². The van der Waals surface area contributed by atoms with Gasteiger partial charge in [-0.2, -0.15) is 0 Å². The number of benzene rings is 2. The first kappa shape index (κ1) is 19.5. The molecular formula is C19H23FO4. The van der Waals surface area contributed by atoms with Crippen molar-refractivity contribution < 1.29 is 23.8 Å². The van der Waals surface area contributed by atoms with Crippen molar-refractivity contribution in [2.45, 2.75) is 33.1 Å². The first-order chi connectivity index (χ1) is 11.1. The molecule has 0 aromatic heterocycles. The molecule has 2 aromatic carbocycles. The van der Waals surface area contributed by atoms with E-state index in [2.05, 4.69) is 25.5 Å². The number of hydrogen-bond acceptors (Lipinski definition) is 4. The van der Waals surface area contributed by atoms with E-state index < -0.39 is 11.8 Å². The zero-order valence-electron chi connectivity index (χ0n) is 14.6. The van der Waals surface area contributed by atoms with E-state index in [0.717, 1.165) is 17.4 Å². The number of esters is 1. The minimum absolute atomic E-state index is 0.0569. The lowest BCUT2D eigenvalue weighted by Gasteiger charge is -2.20. The van der Waals surface area contributed by atoms with Crippen LogP contribution in [0.4, 0.5) is 4.39 Å². The Kier molecular flexibility index (Phi) is 6.77. The van der Waals surface area contributed by atoms with E-state index in [1.165, 1.54) is 25.1 Å². The molecule has 1 N–H and O–H groups in total. The summed E-state index contributed by atoms with van der Waals surface area (Å²) in [5, 5.41) is 9.61. The second-order valence-corrected chi connectivity index (χ2v) is 6.18. The Morgan fingerprint density at radius 3 is 2.25 bits per heavy atom. The Bertz CT molecular complexity index is 690. The molecule has 0 aliphatic rings. The summed E-state index contributed by atoms with van der Waals surface area (Å²) in [4.78, 5) is 10.4.